The van der Waals surface area contributed by atoms with Crippen LogP contribution in [-0.4, -0.2) is 28.2 Å². The van der Waals surface area contributed by atoms with Crippen molar-refractivity contribution in [2.24, 2.45) is 4.99 Å². The van der Waals surface area contributed by atoms with E-state index in [0.29, 0.717) is 6.04 Å². The summed E-state index contributed by atoms with van der Waals surface area (Å²) in [6.45, 7) is 6.01. The first-order valence-electron chi connectivity index (χ1n) is 6.91. The zero-order chi connectivity index (χ0) is 15.0. The van der Waals surface area contributed by atoms with E-state index in [-0.39, 0.29) is 10.5 Å². The smallest absolute Gasteiger partial charge is 0.317 e. The number of aromatic nitrogens is 2. The van der Waals surface area contributed by atoms with Crippen LogP contribution in [0.5, 0.6) is 0 Å². The van der Waals surface area contributed by atoms with Gasteiger partial charge in [0.2, 0.25) is 0 Å². The van der Waals surface area contributed by atoms with Crippen LogP contribution in [0.3, 0.4) is 0 Å². The lowest BCUT2D eigenvalue weighted by atomic mass is 10.1. The minimum Gasteiger partial charge on any atom is -0.341 e. The lowest BCUT2D eigenvalue weighted by Crippen LogP contribution is -2.30. The number of rotatable bonds is 2. The number of piperidine rings is 1. The second-order valence-corrected chi connectivity index (χ2v) is 5.89. The minimum atomic E-state index is -0.00378. The fraction of sp³-hybridized carbons (Fsp3) is 0.538. The lowest BCUT2D eigenvalue weighted by Gasteiger charge is -2.25. The van der Waals surface area contributed by atoms with Crippen LogP contribution in [0.25, 0.3) is 0 Å². The molecule has 0 aromatic carbocycles. The van der Waals surface area contributed by atoms with E-state index < -0.39 is 0 Å². The molecule has 0 unspecified atom stereocenters. The van der Waals surface area contributed by atoms with Crippen LogP contribution in [0.15, 0.2) is 16.3 Å². The molecule has 2 aliphatic rings. The van der Waals surface area contributed by atoms with Crippen molar-refractivity contribution in [3.8, 4) is 0 Å². The number of aryl methyl sites for hydroxylation is 1. The average Bonchev–Trinajstić information content (AvgIpc) is 2.74. The highest BCUT2D eigenvalue weighted by atomic mass is 35.5. The monoisotopic (exact) mass is 329 g/mol. The number of nitrogens with one attached hydrogen (secondary N) is 1. The SMILES string of the molecule is Cc1nn(C2CCNCC2)c(C)c1N1C=C(Cl)N=C(Cl)O1. The Bertz CT molecular complexity index is 604. The summed E-state index contributed by atoms with van der Waals surface area (Å²) < 4.78 is 2.08. The molecule has 0 bridgehead atoms. The Morgan fingerprint density at radius 3 is 2.67 bits per heavy atom. The molecule has 0 saturated carbocycles. The van der Waals surface area contributed by atoms with Crippen molar-refractivity contribution in [2.45, 2.75) is 32.7 Å². The van der Waals surface area contributed by atoms with Gasteiger partial charge < -0.3 is 10.2 Å². The highest BCUT2D eigenvalue weighted by molar-refractivity contribution is 6.63. The third kappa shape index (κ3) is 2.88. The maximum Gasteiger partial charge on any atom is 0.317 e. The highest BCUT2D eigenvalue weighted by Crippen LogP contribution is 2.32. The first-order chi connectivity index (χ1) is 10.1. The van der Waals surface area contributed by atoms with E-state index in [0.717, 1.165) is 43.0 Å². The van der Waals surface area contributed by atoms with Crippen molar-refractivity contribution in [3.05, 3.63) is 22.7 Å². The highest BCUT2D eigenvalue weighted by Gasteiger charge is 2.26. The third-order valence-electron chi connectivity index (χ3n) is 3.75. The van der Waals surface area contributed by atoms with Crippen molar-refractivity contribution >= 4 is 34.2 Å². The van der Waals surface area contributed by atoms with Crippen LogP contribution in [0.1, 0.15) is 30.3 Å². The van der Waals surface area contributed by atoms with E-state index in [9.17, 15) is 0 Å². The molecule has 6 nitrogen and oxygen atoms in total. The first-order valence-corrected chi connectivity index (χ1v) is 7.67. The number of hydrogen-bond acceptors (Lipinski definition) is 5. The van der Waals surface area contributed by atoms with Crippen molar-refractivity contribution in [1.82, 2.24) is 15.1 Å². The van der Waals surface area contributed by atoms with Crippen molar-refractivity contribution in [3.63, 3.8) is 0 Å². The molecule has 0 aliphatic carbocycles. The van der Waals surface area contributed by atoms with E-state index in [2.05, 4.69) is 20.1 Å². The number of hydroxylamine groups is 1. The van der Waals surface area contributed by atoms with Gasteiger partial charge in [-0.05, 0) is 51.4 Å². The largest absolute Gasteiger partial charge is 0.341 e. The molecule has 1 saturated heterocycles. The number of hydrogen-bond donors (Lipinski definition) is 1. The summed E-state index contributed by atoms with van der Waals surface area (Å²) in [5, 5.41) is 9.84. The summed E-state index contributed by atoms with van der Waals surface area (Å²) in [6, 6.07) is 0.409. The Balaban J connectivity index is 1.93. The van der Waals surface area contributed by atoms with E-state index in [4.69, 9.17) is 28.0 Å². The molecule has 1 N–H and O–H groups in total. The Morgan fingerprint density at radius 2 is 2.00 bits per heavy atom. The fourth-order valence-electron chi connectivity index (χ4n) is 2.83. The van der Waals surface area contributed by atoms with Gasteiger partial charge >= 0.3 is 5.36 Å². The fourth-order valence-corrected chi connectivity index (χ4v) is 3.20. The maximum absolute atomic E-state index is 5.95. The normalized spacial score (nSPS) is 20.1. The second-order valence-electron chi connectivity index (χ2n) is 5.18. The quantitative estimate of drug-likeness (QED) is 0.847. The molecule has 2 aliphatic heterocycles. The van der Waals surface area contributed by atoms with E-state index in [1.165, 1.54) is 5.06 Å². The summed E-state index contributed by atoms with van der Waals surface area (Å²) in [6.07, 6.45) is 3.74. The van der Waals surface area contributed by atoms with E-state index >= 15 is 0 Å². The standard InChI is InChI=1S/C13H17Cl2N5O/c1-8-12(19-7-11(14)17-13(15)21-19)9(2)20(18-8)10-3-5-16-6-4-10/h7,10,16H,3-6H2,1-2H3. The zero-order valence-corrected chi connectivity index (χ0v) is 13.4. The van der Waals surface area contributed by atoms with Crippen LogP contribution in [0.4, 0.5) is 5.69 Å². The predicted molar refractivity (Wildman–Crippen MR) is 83.6 cm³/mol. The molecular weight excluding hydrogens is 313 g/mol. The summed E-state index contributed by atoms with van der Waals surface area (Å²) in [4.78, 5) is 9.25. The summed E-state index contributed by atoms with van der Waals surface area (Å²) in [5.41, 5.74) is 2.77. The van der Waals surface area contributed by atoms with Gasteiger partial charge in [0, 0.05) is 0 Å². The minimum absolute atomic E-state index is 0.00378. The molecule has 8 heteroatoms. The van der Waals surface area contributed by atoms with Crippen molar-refractivity contribution < 1.29 is 4.84 Å². The molecule has 1 aromatic rings. The van der Waals surface area contributed by atoms with Gasteiger partial charge in [0.15, 0.2) is 5.16 Å². The van der Waals surface area contributed by atoms with Gasteiger partial charge in [-0.25, -0.2) is 0 Å². The molecule has 3 rings (SSSR count). The number of nitrogens with zero attached hydrogens (tertiary/aromatic N) is 4. The topological polar surface area (TPSA) is 54.7 Å². The lowest BCUT2D eigenvalue weighted by molar-refractivity contribution is 0.306. The molecular formula is C13H17Cl2N5O. The Morgan fingerprint density at radius 1 is 1.29 bits per heavy atom. The van der Waals surface area contributed by atoms with Gasteiger partial charge in [-0.15, -0.1) is 0 Å². The summed E-state index contributed by atoms with van der Waals surface area (Å²) >= 11 is 11.8. The molecule has 0 spiro atoms. The zero-order valence-electron chi connectivity index (χ0n) is 11.9. The van der Waals surface area contributed by atoms with Gasteiger partial charge in [-0.3, -0.25) is 4.68 Å². The van der Waals surface area contributed by atoms with E-state index in [1.807, 2.05) is 13.8 Å². The first kappa shape index (κ1) is 14.7. The van der Waals surface area contributed by atoms with Gasteiger partial charge in [0.25, 0.3) is 0 Å². The molecule has 0 radical (unpaired) electrons. The molecule has 3 heterocycles. The Hall–Kier alpha value is -1.24. The van der Waals surface area contributed by atoms with Gasteiger partial charge in [-0.1, -0.05) is 11.6 Å². The molecule has 0 amide bonds. The van der Waals surface area contributed by atoms with Gasteiger partial charge in [-0.2, -0.15) is 15.2 Å². The average molecular weight is 330 g/mol. The van der Waals surface area contributed by atoms with Crippen LogP contribution in [0, 0.1) is 13.8 Å². The third-order valence-corrected chi connectivity index (χ3v) is 4.09. The Kier molecular flexibility index (Phi) is 4.10. The molecule has 1 aromatic heterocycles. The van der Waals surface area contributed by atoms with Crippen LogP contribution in [0.2, 0.25) is 0 Å². The van der Waals surface area contributed by atoms with E-state index in [1.54, 1.807) is 6.20 Å². The Labute approximate surface area is 133 Å². The summed E-state index contributed by atoms with van der Waals surface area (Å²) in [5.74, 6) is 0. The molecule has 114 valence electrons. The maximum atomic E-state index is 5.95. The number of aliphatic imine (C=N–C) groups is 1. The van der Waals surface area contributed by atoms with Crippen LogP contribution in [-0.2, 0) is 4.84 Å². The van der Waals surface area contributed by atoms with Crippen LogP contribution >= 0.6 is 23.2 Å². The summed E-state index contributed by atoms with van der Waals surface area (Å²) in [7, 11) is 0. The van der Waals surface area contributed by atoms with Gasteiger partial charge in [0.1, 0.15) is 5.69 Å². The number of anilines is 1. The molecule has 1 fully saturated rings. The second kappa shape index (κ2) is 5.87. The van der Waals surface area contributed by atoms with Crippen molar-refractivity contribution in [1.29, 1.82) is 0 Å². The van der Waals surface area contributed by atoms with Crippen LogP contribution < -0.4 is 10.4 Å². The predicted octanol–water partition coefficient (Wildman–Crippen LogP) is 2.81. The molecule has 0 atom stereocenters. The number of halogens is 2. The van der Waals surface area contributed by atoms with Crippen molar-refractivity contribution in [2.75, 3.05) is 18.2 Å². The molecule has 21 heavy (non-hydrogen) atoms. The van der Waals surface area contributed by atoms with Gasteiger partial charge in [0.05, 0.1) is 23.6 Å².